The first-order valence-corrected chi connectivity index (χ1v) is 9.98. The molecule has 2 N–H and O–H groups in total. The largest absolute Gasteiger partial charge is 0.493 e. The molecule has 0 fully saturated rings. The topological polar surface area (TPSA) is 76.7 Å². The number of benzene rings is 2. The molecule has 3 rings (SSSR count). The van der Waals surface area contributed by atoms with Crippen LogP contribution in [0.25, 0.3) is 0 Å². The average Bonchev–Trinajstić information content (AvgIpc) is 2.65. The highest BCUT2D eigenvalue weighted by molar-refractivity contribution is 7.89. The number of ether oxygens (including phenoxy) is 2. The SMILES string of the molecule is COc1cc(C)c(S(=O)(=O)NCC2NCCc3ccccc32)cc1OC. The molecule has 140 valence electrons. The minimum atomic E-state index is -3.68. The van der Waals surface area contributed by atoms with Crippen molar-refractivity contribution in [2.75, 3.05) is 27.3 Å². The van der Waals surface area contributed by atoms with Gasteiger partial charge in [-0.05, 0) is 42.6 Å². The molecule has 2 aromatic rings. The zero-order valence-electron chi connectivity index (χ0n) is 15.2. The second-order valence-corrected chi connectivity index (χ2v) is 8.02. The molecular formula is C19H24N2O4S. The molecule has 1 atom stereocenters. The maximum absolute atomic E-state index is 12.8. The summed E-state index contributed by atoms with van der Waals surface area (Å²) >= 11 is 0. The molecule has 1 aliphatic heterocycles. The van der Waals surface area contributed by atoms with Gasteiger partial charge in [0.2, 0.25) is 10.0 Å². The predicted octanol–water partition coefficient (Wildman–Crippen LogP) is 2.18. The fraction of sp³-hybridized carbons (Fsp3) is 0.368. The molecule has 6 nitrogen and oxygen atoms in total. The lowest BCUT2D eigenvalue weighted by molar-refractivity contribution is 0.353. The van der Waals surface area contributed by atoms with Gasteiger partial charge in [-0.1, -0.05) is 24.3 Å². The standard InChI is InChI=1S/C19H24N2O4S/c1-13-10-17(24-2)18(25-3)11-19(13)26(22,23)21-12-16-15-7-5-4-6-14(15)8-9-20-16/h4-7,10-11,16,20-21H,8-9,12H2,1-3H3. The summed E-state index contributed by atoms with van der Waals surface area (Å²) in [5, 5.41) is 3.38. The molecule has 0 saturated heterocycles. The Labute approximate surface area is 154 Å². The van der Waals surface area contributed by atoms with E-state index in [0.717, 1.165) is 18.5 Å². The summed E-state index contributed by atoms with van der Waals surface area (Å²) < 4.78 is 38.9. The summed E-state index contributed by atoms with van der Waals surface area (Å²) in [6, 6.07) is 11.2. The van der Waals surface area contributed by atoms with Gasteiger partial charge in [0.05, 0.1) is 19.1 Å². The molecule has 7 heteroatoms. The van der Waals surface area contributed by atoms with Crippen molar-refractivity contribution in [2.24, 2.45) is 0 Å². The summed E-state index contributed by atoms with van der Waals surface area (Å²) in [5.41, 5.74) is 3.01. The lowest BCUT2D eigenvalue weighted by atomic mass is 9.95. The van der Waals surface area contributed by atoms with Gasteiger partial charge in [-0.3, -0.25) is 0 Å². The fourth-order valence-electron chi connectivity index (χ4n) is 3.30. The van der Waals surface area contributed by atoms with Crippen LogP contribution < -0.4 is 19.5 Å². The highest BCUT2D eigenvalue weighted by Gasteiger charge is 2.24. The van der Waals surface area contributed by atoms with E-state index in [-0.39, 0.29) is 17.5 Å². The van der Waals surface area contributed by atoms with Crippen LogP contribution >= 0.6 is 0 Å². The van der Waals surface area contributed by atoms with Gasteiger partial charge in [0.15, 0.2) is 11.5 Å². The molecule has 1 heterocycles. The fourth-order valence-corrected chi connectivity index (χ4v) is 4.58. The summed E-state index contributed by atoms with van der Waals surface area (Å²) in [7, 11) is -0.666. The summed E-state index contributed by atoms with van der Waals surface area (Å²) in [6.07, 6.45) is 0.953. The van der Waals surface area contributed by atoms with Crippen molar-refractivity contribution >= 4 is 10.0 Å². The van der Waals surface area contributed by atoms with Crippen molar-refractivity contribution in [2.45, 2.75) is 24.3 Å². The molecular weight excluding hydrogens is 352 g/mol. The number of fused-ring (bicyclic) bond motifs is 1. The third kappa shape index (κ3) is 3.70. The van der Waals surface area contributed by atoms with Gasteiger partial charge in [0.1, 0.15) is 0 Å². The predicted molar refractivity (Wildman–Crippen MR) is 100 cm³/mol. The Morgan fingerprint density at radius 2 is 1.85 bits per heavy atom. The van der Waals surface area contributed by atoms with Crippen LogP contribution in [-0.2, 0) is 16.4 Å². The third-order valence-electron chi connectivity index (χ3n) is 4.66. The Balaban J connectivity index is 1.83. The van der Waals surface area contributed by atoms with Crippen molar-refractivity contribution in [1.29, 1.82) is 0 Å². The van der Waals surface area contributed by atoms with E-state index < -0.39 is 10.0 Å². The van der Waals surface area contributed by atoms with Gasteiger partial charge >= 0.3 is 0 Å². The van der Waals surface area contributed by atoms with Crippen LogP contribution in [0.2, 0.25) is 0 Å². The second-order valence-electron chi connectivity index (χ2n) is 6.28. The minimum Gasteiger partial charge on any atom is -0.493 e. The Morgan fingerprint density at radius 3 is 2.58 bits per heavy atom. The van der Waals surface area contributed by atoms with E-state index in [1.165, 1.54) is 25.8 Å². The Bertz CT molecular complexity index is 896. The first-order valence-electron chi connectivity index (χ1n) is 8.49. The smallest absolute Gasteiger partial charge is 0.241 e. The van der Waals surface area contributed by atoms with Crippen LogP contribution in [0.15, 0.2) is 41.3 Å². The number of sulfonamides is 1. The van der Waals surface area contributed by atoms with Crippen molar-refractivity contribution in [3.8, 4) is 11.5 Å². The highest BCUT2D eigenvalue weighted by atomic mass is 32.2. The van der Waals surface area contributed by atoms with Gasteiger partial charge in [0.25, 0.3) is 0 Å². The normalized spacial score (nSPS) is 16.8. The minimum absolute atomic E-state index is 0.0461. The monoisotopic (exact) mass is 376 g/mol. The Kier molecular flexibility index (Phi) is 5.50. The summed E-state index contributed by atoms with van der Waals surface area (Å²) in [4.78, 5) is 0.194. The van der Waals surface area contributed by atoms with E-state index in [2.05, 4.69) is 16.1 Å². The van der Waals surface area contributed by atoms with Crippen molar-refractivity contribution in [3.05, 3.63) is 53.1 Å². The van der Waals surface area contributed by atoms with Gasteiger partial charge in [0, 0.05) is 18.7 Å². The van der Waals surface area contributed by atoms with Crippen LogP contribution in [0.1, 0.15) is 22.7 Å². The van der Waals surface area contributed by atoms with Crippen LogP contribution in [0.4, 0.5) is 0 Å². The van der Waals surface area contributed by atoms with E-state index in [0.29, 0.717) is 17.1 Å². The van der Waals surface area contributed by atoms with Gasteiger partial charge < -0.3 is 14.8 Å². The summed E-state index contributed by atoms with van der Waals surface area (Å²) in [5.74, 6) is 0.895. The summed E-state index contributed by atoms with van der Waals surface area (Å²) in [6.45, 7) is 2.86. The highest BCUT2D eigenvalue weighted by Crippen LogP contribution is 2.32. The molecule has 0 saturated carbocycles. The van der Waals surface area contributed by atoms with Crippen LogP contribution in [0, 0.1) is 6.92 Å². The van der Waals surface area contributed by atoms with E-state index in [9.17, 15) is 8.42 Å². The molecule has 0 radical (unpaired) electrons. The quantitative estimate of drug-likeness (QED) is 0.808. The first kappa shape index (κ1) is 18.7. The van der Waals surface area contributed by atoms with Crippen molar-refractivity contribution < 1.29 is 17.9 Å². The zero-order chi connectivity index (χ0) is 18.7. The lowest BCUT2D eigenvalue weighted by Gasteiger charge is -2.27. The average molecular weight is 376 g/mol. The molecule has 0 aliphatic carbocycles. The molecule has 0 amide bonds. The Morgan fingerprint density at radius 1 is 1.15 bits per heavy atom. The molecule has 0 aromatic heterocycles. The van der Waals surface area contributed by atoms with Crippen molar-refractivity contribution in [3.63, 3.8) is 0 Å². The zero-order valence-corrected chi connectivity index (χ0v) is 16.0. The van der Waals surface area contributed by atoms with E-state index in [1.807, 2.05) is 18.2 Å². The van der Waals surface area contributed by atoms with E-state index in [1.54, 1.807) is 13.0 Å². The number of hydrogen-bond acceptors (Lipinski definition) is 5. The number of rotatable bonds is 6. The van der Waals surface area contributed by atoms with Gasteiger partial charge in [-0.25, -0.2) is 13.1 Å². The molecule has 2 aromatic carbocycles. The van der Waals surface area contributed by atoms with Gasteiger partial charge in [-0.15, -0.1) is 0 Å². The molecule has 0 spiro atoms. The van der Waals surface area contributed by atoms with Crippen molar-refractivity contribution in [1.82, 2.24) is 10.0 Å². The van der Waals surface area contributed by atoms with Crippen LogP contribution in [-0.4, -0.2) is 35.7 Å². The molecule has 0 bridgehead atoms. The molecule has 1 aliphatic rings. The van der Waals surface area contributed by atoms with Crippen LogP contribution in [0.5, 0.6) is 11.5 Å². The number of hydrogen-bond donors (Lipinski definition) is 2. The third-order valence-corrected chi connectivity index (χ3v) is 6.23. The molecule has 26 heavy (non-hydrogen) atoms. The Hall–Kier alpha value is -2.09. The maximum Gasteiger partial charge on any atom is 0.241 e. The van der Waals surface area contributed by atoms with Crippen LogP contribution in [0.3, 0.4) is 0 Å². The first-order chi connectivity index (χ1) is 12.5. The number of aryl methyl sites for hydroxylation is 1. The second kappa shape index (κ2) is 7.65. The van der Waals surface area contributed by atoms with E-state index >= 15 is 0 Å². The van der Waals surface area contributed by atoms with E-state index in [4.69, 9.17) is 9.47 Å². The maximum atomic E-state index is 12.8. The number of methoxy groups -OCH3 is 2. The molecule has 1 unspecified atom stereocenters. The lowest BCUT2D eigenvalue weighted by Crippen LogP contribution is -2.39. The van der Waals surface area contributed by atoms with Gasteiger partial charge in [-0.2, -0.15) is 0 Å². The number of nitrogens with one attached hydrogen (secondary N) is 2.